The molecule has 1 atom stereocenters. The Kier molecular flexibility index (Phi) is 5.66. The Morgan fingerprint density at radius 2 is 2.03 bits per heavy atom. The quantitative estimate of drug-likeness (QED) is 0.821. The molecule has 4 rings (SSSR count). The van der Waals surface area contributed by atoms with Crippen LogP contribution in [0.3, 0.4) is 0 Å². The predicted octanol–water partition coefficient (Wildman–Crippen LogP) is 1.87. The number of carbonyl (C=O) groups is 2. The van der Waals surface area contributed by atoms with Gasteiger partial charge in [-0.1, -0.05) is 5.16 Å². The summed E-state index contributed by atoms with van der Waals surface area (Å²) in [6, 6.07) is 1.98. The van der Waals surface area contributed by atoms with Crippen LogP contribution in [0.25, 0.3) is 0 Å². The lowest BCUT2D eigenvalue weighted by atomic mass is 10.0. The molecule has 2 amide bonds. The number of rotatable bonds is 5. The summed E-state index contributed by atoms with van der Waals surface area (Å²) in [5, 5.41) is 11.3. The van der Waals surface area contributed by atoms with Gasteiger partial charge in [-0.2, -0.15) is 5.10 Å². The van der Waals surface area contributed by atoms with Gasteiger partial charge in [0.25, 0.3) is 0 Å². The van der Waals surface area contributed by atoms with Gasteiger partial charge in [0.15, 0.2) is 0 Å². The fourth-order valence-corrected chi connectivity index (χ4v) is 4.05. The van der Waals surface area contributed by atoms with Crippen molar-refractivity contribution in [3.8, 4) is 0 Å². The highest BCUT2D eigenvalue weighted by atomic mass is 16.5. The Labute approximate surface area is 169 Å². The van der Waals surface area contributed by atoms with Crippen LogP contribution in [-0.2, 0) is 20.7 Å². The van der Waals surface area contributed by atoms with Crippen molar-refractivity contribution in [1.82, 2.24) is 19.8 Å². The van der Waals surface area contributed by atoms with E-state index in [1.165, 1.54) is 0 Å². The number of aryl methyl sites for hydroxylation is 2. The average molecular weight is 401 g/mol. The molecule has 2 aliphatic heterocycles. The van der Waals surface area contributed by atoms with Gasteiger partial charge in [-0.3, -0.25) is 9.59 Å². The van der Waals surface area contributed by atoms with Crippen molar-refractivity contribution in [2.75, 3.05) is 31.6 Å². The summed E-state index contributed by atoms with van der Waals surface area (Å²) in [6.07, 6.45) is 4.37. The SMILES string of the molecule is Cc1noc(C)c1CC(=O)N1CCC(n2nccc2NC(=O)[C@H]2CCOC2)CC1. The van der Waals surface area contributed by atoms with Gasteiger partial charge >= 0.3 is 0 Å². The maximum atomic E-state index is 12.7. The Hall–Kier alpha value is -2.68. The molecule has 9 nitrogen and oxygen atoms in total. The summed E-state index contributed by atoms with van der Waals surface area (Å²) >= 11 is 0. The van der Waals surface area contributed by atoms with E-state index in [1.807, 2.05) is 29.5 Å². The van der Waals surface area contributed by atoms with Crippen LogP contribution in [-0.4, -0.2) is 58.0 Å². The lowest BCUT2D eigenvalue weighted by Gasteiger charge is -2.33. The molecule has 2 fully saturated rings. The van der Waals surface area contributed by atoms with Gasteiger partial charge in [0.1, 0.15) is 11.6 Å². The molecule has 0 bridgehead atoms. The van der Waals surface area contributed by atoms with Crippen LogP contribution >= 0.6 is 0 Å². The van der Waals surface area contributed by atoms with E-state index in [0.717, 1.165) is 30.5 Å². The maximum absolute atomic E-state index is 12.7. The number of nitrogens with one attached hydrogen (secondary N) is 1. The molecular formula is C20H27N5O4. The number of hydrogen-bond acceptors (Lipinski definition) is 6. The van der Waals surface area contributed by atoms with Crippen LogP contribution in [0, 0.1) is 19.8 Å². The van der Waals surface area contributed by atoms with Gasteiger partial charge in [0.2, 0.25) is 11.8 Å². The van der Waals surface area contributed by atoms with E-state index in [1.54, 1.807) is 6.20 Å². The van der Waals surface area contributed by atoms with E-state index >= 15 is 0 Å². The molecule has 0 saturated carbocycles. The summed E-state index contributed by atoms with van der Waals surface area (Å²) < 4.78 is 12.3. The Morgan fingerprint density at radius 1 is 1.24 bits per heavy atom. The van der Waals surface area contributed by atoms with Gasteiger partial charge in [0.05, 0.1) is 36.9 Å². The third-order valence-corrected chi connectivity index (χ3v) is 5.89. The largest absolute Gasteiger partial charge is 0.381 e. The predicted molar refractivity (Wildman–Crippen MR) is 104 cm³/mol. The first-order valence-electron chi connectivity index (χ1n) is 10.1. The minimum Gasteiger partial charge on any atom is -0.381 e. The highest BCUT2D eigenvalue weighted by Crippen LogP contribution is 2.27. The van der Waals surface area contributed by atoms with Crippen LogP contribution in [0.1, 0.15) is 42.3 Å². The number of piperidine rings is 1. The normalized spacial score (nSPS) is 20.2. The highest BCUT2D eigenvalue weighted by Gasteiger charge is 2.28. The molecule has 0 aliphatic carbocycles. The molecule has 2 aromatic heterocycles. The Balaban J connectivity index is 1.33. The number of amides is 2. The monoisotopic (exact) mass is 401 g/mol. The Bertz CT molecular complexity index is 856. The van der Waals surface area contributed by atoms with Crippen molar-refractivity contribution in [3.05, 3.63) is 29.3 Å². The van der Waals surface area contributed by atoms with Gasteiger partial charge in [-0.05, 0) is 33.1 Å². The van der Waals surface area contributed by atoms with Crippen LogP contribution in [0.5, 0.6) is 0 Å². The molecule has 1 N–H and O–H groups in total. The summed E-state index contributed by atoms with van der Waals surface area (Å²) in [5.41, 5.74) is 1.65. The number of anilines is 1. The van der Waals surface area contributed by atoms with Crippen molar-refractivity contribution < 1.29 is 18.8 Å². The van der Waals surface area contributed by atoms with Crippen molar-refractivity contribution in [2.24, 2.45) is 5.92 Å². The van der Waals surface area contributed by atoms with Crippen LogP contribution in [0.15, 0.2) is 16.8 Å². The lowest BCUT2D eigenvalue weighted by Crippen LogP contribution is -2.40. The van der Waals surface area contributed by atoms with E-state index in [-0.39, 0.29) is 23.8 Å². The van der Waals surface area contributed by atoms with Gasteiger partial charge in [0, 0.05) is 31.3 Å². The molecule has 2 aliphatic rings. The first-order valence-corrected chi connectivity index (χ1v) is 10.1. The van der Waals surface area contributed by atoms with Crippen LogP contribution in [0.2, 0.25) is 0 Å². The number of carbonyl (C=O) groups excluding carboxylic acids is 2. The van der Waals surface area contributed by atoms with Crippen LogP contribution in [0.4, 0.5) is 5.82 Å². The molecule has 156 valence electrons. The van der Waals surface area contributed by atoms with Crippen molar-refractivity contribution in [3.63, 3.8) is 0 Å². The number of ether oxygens (including phenoxy) is 1. The number of hydrogen-bond donors (Lipinski definition) is 1. The maximum Gasteiger partial charge on any atom is 0.231 e. The molecule has 0 aromatic carbocycles. The molecule has 2 saturated heterocycles. The van der Waals surface area contributed by atoms with E-state index in [0.29, 0.717) is 44.3 Å². The first-order chi connectivity index (χ1) is 14.0. The number of aromatic nitrogens is 3. The van der Waals surface area contributed by atoms with Crippen LogP contribution < -0.4 is 5.32 Å². The molecule has 29 heavy (non-hydrogen) atoms. The molecule has 9 heteroatoms. The molecule has 2 aromatic rings. The van der Waals surface area contributed by atoms with Crippen molar-refractivity contribution in [1.29, 1.82) is 0 Å². The third kappa shape index (κ3) is 4.19. The topological polar surface area (TPSA) is 102 Å². The molecule has 4 heterocycles. The van der Waals surface area contributed by atoms with Crippen molar-refractivity contribution in [2.45, 2.75) is 45.6 Å². The summed E-state index contributed by atoms with van der Waals surface area (Å²) in [4.78, 5) is 27.0. The van der Waals surface area contributed by atoms with Crippen molar-refractivity contribution >= 4 is 17.6 Å². The molecule has 0 unspecified atom stereocenters. The smallest absolute Gasteiger partial charge is 0.231 e. The minimum absolute atomic E-state index is 0.0173. The molecule has 0 spiro atoms. The summed E-state index contributed by atoms with van der Waals surface area (Å²) in [7, 11) is 0. The fourth-order valence-electron chi connectivity index (χ4n) is 4.05. The standard InChI is InChI=1S/C20H27N5O4/c1-13-17(14(2)29-23-13)11-19(26)24-8-4-16(5-9-24)25-18(3-7-21-25)22-20(27)15-6-10-28-12-15/h3,7,15-16H,4-6,8-12H2,1-2H3,(H,22,27)/t15-/m0/s1. The first kappa shape index (κ1) is 19.6. The molecular weight excluding hydrogens is 374 g/mol. The second-order valence-electron chi connectivity index (χ2n) is 7.80. The van der Waals surface area contributed by atoms with E-state index in [2.05, 4.69) is 15.6 Å². The van der Waals surface area contributed by atoms with E-state index < -0.39 is 0 Å². The zero-order chi connectivity index (χ0) is 20.4. The average Bonchev–Trinajstić information content (AvgIpc) is 3.47. The van der Waals surface area contributed by atoms with Gasteiger partial charge in [-0.15, -0.1) is 0 Å². The van der Waals surface area contributed by atoms with E-state index in [9.17, 15) is 9.59 Å². The lowest BCUT2D eigenvalue weighted by molar-refractivity contribution is -0.131. The van der Waals surface area contributed by atoms with Gasteiger partial charge in [-0.25, -0.2) is 4.68 Å². The zero-order valence-corrected chi connectivity index (χ0v) is 16.9. The third-order valence-electron chi connectivity index (χ3n) is 5.89. The van der Waals surface area contributed by atoms with E-state index in [4.69, 9.17) is 9.26 Å². The zero-order valence-electron chi connectivity index (χ0n) is 16.9. The second-order valence-corrected chi connectivity index (χ2v) is 7.80. The summed E-state index contributed by atoms with van der Waals surface area (Å²) in [5.74, 6) is 1.39. The second kappa shape index (κ2) is 8.36. The summed E-state index contributed by atoms with van der Waals surface area (Å²) in [6.45, 7) is 6.13. The number of likely N-dealkylation sites (tertiary alicyclic amines) is 1. The number of nitrogens with zero attached hydrogens (tertiary/aromatic N) is 4. The minimum atomic E-state index is -0.0952. The van der Waals surface area contributed by atoms with Gasteiger partial charge < -0.3 is 19.5 Å². The Morgan fingerprint density at radius 3 is 2.69 bits per heavy atom. The highest BCUT2D eigenvalue weighted by molar-refractivity contribution is 5.92. The fraction of sp³-hybridized carbons (Fsp3) is 0.600. The molecule has 0 radical (unpaired) electrons.